The fourth-order valence-electron chi connectivity index (χ4n) is 1.57. The molecule has 0 unspecified atom stereocenters. The number of benzene rings is 1. The second kappa shape index (κ2) is 5.82. The maximum atomic E-state index is 5.85. The minimum atomic E-state index is 0.696. The number of aromatic nitrogens is 1. The summed E-state index contributed by atoms with van der Waals surface area (Å²) in [6, 6.07) is 11.8. The van der Waals surface area contributed by atoms with Crippen LogP contribution in [0.2, 0.25) is 5.02 Å². The molecule has 0 bridgehead atoms. The van der Waals surface area contributed by atoms with E-state index in [1.165, 1.54) is 4.90 Å². The molecule has 1 aromatic carbocycles. The lowest BCUT2D eigenvalue weighted by Gasteiger charge is -1.98. The van der Waals surface area contributed by atoms with Gasteiger partial charge in [0.15, 0.2) is 0 Å². The number of hydrogen-bond acceptors (Lipinski definition) is 4. The van der Waals surface area contributed by atoms with E-state index in [1.54, 1.807) is 29.4 Å². The fourth-order valence-corrected chi connectivity index (χ4v) is 3.13. The van der Waals surface area contributed by atoms with Crippen molar-refractivity contribution in [2.75, 3.05) is 0 Å². The zero-order valence-electron chi connectivity index (χ0n) is 9.88. The first-order valence-corrected chi connectivity index (χ1v) is 7.92. The highest BCUT2D eigenvalue weighted by molar-refractivity contribution is 7.98. The summed E-state index contributed by atoms with van der Waals surface area (Å²) < 4.78 is 5.48. The summed E-state index contributed by atoms with van der Waals surface area (Å²) in [6.45, 7) is 0. The summed E-state index contributed by atoms with van der Waals surface area (Å²) in [6.07, 6.45) is 1.72. The van der Waals surface area contributed by atoms with Gasteiger partial charge in [0, 0.05) is 15.7 Å². The van der Waals surface area contributed by atoms with Crippen molar-refractivity contribution in [3.8, 4) is 10.8 Å². The van der Waals surface area contributed by atoms with Crippen molar-refractivity contribution in [2.24, 2.45) is 0 Å². The summed E-state index contributed by atoms with van der Waals surface area (Å²) in [5, 5.41) is 2.77. The lowest BCUT2D eigenvalue weighted by molar-refractivity contribution is 0.575. The molecule has 2 heterocycles. The van der Waals surface area contributed by atoms with Gasteiger partial charge in [-0.3, -0.25) is 0 Å². The normalized spacial score (nSPS) is 10.8. The number of halogens is 1. The standard InChI is InChI=1S/C14H10ClNOS2/c15-10-3-5-12(6-4-10)19-9-11-8-17-14(16-11)13-2-1-7-18-13/h1-8H,9H2. The van der Waals surface area contributed by atoms with Crippen LogP contribution in [0.4, 0.5) is 0 Å². The third kappa shape index (κ3) is 3.21. The largest absolute Gasteiger partial charge is 0.444 e. The second-order valence-corrected chi connectivity index (χ2v) is 6.30. The monoisotopic (exact) mass is 307 g/mol. The van der Waals surface area contributed by atoms with E-state index in [-0.39, 0.29) is 0 Å². The Balaban J connectivity index is 1.66. The average Bonchev–Trinajstić information content (AvgIpc) is 3.09. The van der Waals surface area contributed by atoms with E-state index in [2.05, 4.69) is 4.98 Å². The molecule has 2 nitrogen and oxygen atoms in total. The SMILES string of the molecule is Clc1ccc(SCc2coc(-c3cccs3)n2)cc1. The molecule has 0 atom stereocenters. The highest BCUT2D eigenvalue weighted by Crippen LogP contribution is 2.27. The first kappa shape index (κ1) is 12.8. The van der Waals surface area contributed by atoms with Crippen LogP contribution in [0, 0.1) is 0 Å². The Morgan fingerprint density at radius 3 is 2.79 bits per heavy atom. The average molecular weight is 308 g/mol. The van der Waals surface area contributed by atoms with Gasteiger partial charge < -0.3 is 4.42 Å². The van der Waals surface area contributed by atoms with Crippen molar-refractivity contribution in [3.05, 3.63) is 58.8 Å². The molecule has 0 saturated carbocycles. The number of hydrogen-bond donors (Lipinski definition) is 0. The Labute approximate surface area is 124 Å². The molecule has 0 N–H and O–H groups in total. The summed E-state index contributed by atoms with van der Waals surface area (Å²) >= 11 is 9.20. The van der Waals surface area contributed by atoms with E-state index >= 15 is 0 Å². The Bertz CT molecular complexity index is 646. The van der Waals surface area contributed by atoms with Gasteiger partial charge in [0.25, 0.3) is 0 Å². The van der Waals surface area contributed by atoms with Crippen LogP contribution in [-0.4, -0.2) is 4.98 Å². The molecule has 0 aliphatic rings. The summed E-state index contributed by atoms with van der Waals surface area (Å²) in [5.74, 6) is 1.48. The number of nitrogens with zero attached hydrogens (tertiary/aromatic N) is 1. The van der Waals surface area contributed by atoms with Crippen molar-refractivity contribution < 1.29 is 4.42 Å². The van der Waals surface area contributed by atoms with Crippen molar-refractivity contribution in [1.82, 2.24) is 4.98 Å². The van der Waals surface area contributed by atoms with Gasteiger partial charge in [0.05, 0.1) is 10.6 Å². The van der Waals surface area contributed by atoms with Crippen LogP contribution in [0.5, 0.6) is 0 Å². The molecule has 5 heteroatoms. The van der Waals surface area contributed by atoms with Gasteiger partial charge in [-0.05, 0) is 35.7 Å². The molecule has 0 amide bonds. The summed E-state index contributed by atoms with van der Waals surface area (Å²) in [5.41, 5.74) is 0.948. The molecule has 0 fully saturated rings. The van der Waals surface area contributed by atoms with Gasteiger partial charge in [-0.25, -0.2) is 4.98 Å². The third-order valence-corrected chi connectivity index (χ3v) is 4.64. The molecule has 3 rings (SSSR count). The van der Waals surface area contributed by atoms with E-state index in [1.807, 2.05) is 41.8 Å². The highest BCUT2D eigenvalue weighted by Gasteiger charge is 2.07. The van der Waals surface area contributed by atoms with E-state index in [0.717, 1.165) is 21.3 Å². The van der Waals surface area contributed by atoms with Gasteiger partial charge in [0.2, 0.25) is 5.89 Å². The lowest BCUT2D eigenvalue weighted by atomic mass is 10.4. The number of thioether (sulfide) groups is 1. The maximum absolute atomic E-state index is 5.85. The van der Waals surface area contributed by atoms with E-state index in [4.69, 9.17) is 16.0 Å². The molecule has 0 radical (unpaired) electrons. The molecule has 96 valence electrons. The third-order valence-electron chi connectivity index (χ3n) is 2.48. The van der Waals surface area contributed by atoms with Crippen LogP contribution < -0.4 is 0 Å². The summed E-state index contributed by atoms with van der Waals surface area (Å²) in [4.78, 5) is 6.71. The Kier molecular flexibility index (Phi) is 3.92. The predicted molar refractivity (Wildman–Crippen MR) is 80.8 cm³/mol. The van der Waals surface area contributed by atoms with Crippen LogP contribution in [0.3, 0.4) is 0 Å². The Hall–Kier alpha value is -1.23. The van der Waals surface area contributed by atoms with Crippen LogP contribution in [0.15, 0.2) is 57.4 Å². The molecule has 0 spiro atoms. The molecule has 2 aromatic heterocycles. The lowest BCUT2D eigenvalue weighted by Crippen LogP contribution is -1.80. The fraction of sp³-hybridized carbons (Fsp3) is 0.0714. The van der Waals surface area contributed by atoms with E-state index in [9.17, 15) is 0 Å². The van der Waals surface area contributed by atoms with Gasteiger partial charge in [-0.1, -0.05) is 17.7 Å². The number of thiophene rings is 1. The van der Waals surface area contributed by atoms with Gasteiger partial charge >= 0.3 is 0 Å². The predicted octanol–water partition coefficient (Wildman–Crippen LogP) is 5.35. The van der Waals surface area contributed by atoms with Crippen molar-refractivity contribution in [1.29, 1.82) is 0 Å². The van der Waals surface area contributed by atoms with E-state index in [0.29, 0.717) is 5.89 Å². The van der Waals surface area contributed by atoms with Crippen molar-refractivity contribution in [3.63, 3.8) is 0 Å². The van der Waals surface area contributed by atoms with Crippen LogP contribution in [0.25, 0.3) is 10.8 Å². The van der Waals surface area contributed by atoms with Crippen LogP contribution in [0.1, 0.15) is 5.69 Å². The molecular formula is C14H10ClNOS2. The molecule has 0 aliphatic heterocycles. The molecule has 19 heavy (non-hydrogen) atoms. The molecule has 0 aliphatic carbocycles. The van der Waals surface area contributed by atoms with Crippen LogP contribution in [-0.2, 0) is 5.75 Å². The molecular weight excluding hydrogens is 298 g/mol. The zero-order chi connectivity index (χ0) is 13.1. The minimum Gasteiger partial charge on any atom is -0.444 e. The first-order valence-electron chi connectivity index (χ1n) is 5.68. The van der Waals surface area contributed by atoms with Crippen molar-refractivity contribution >= 4 is 34.7 Å². The topological polar surface area (TPSA) is 26.0 Å². The zero-order valence-corrected chi connectivity index (χ0v) is 12.3. The second-order valence-electron chi connectivity index (χ2n) is 3.86. The smallest absolute Gasteiger partial charge is 0.236 e. The Morgan fingerprint density at radius 2 is 2.05 bits per heavy atom. The minimum absolute atomic E-state index is 0.696. The number of rotatable bonds is 4. The highest BCUT2D eigenvalue weighted by atomic mass is 35.5. The number of oxazole rings is 1. The Morgan fingerprint density at radius 1 is 1.21 bits per heavy atom. The quantitative estimate of drug-likeness (QED) is 0.608. The van der Waals surface area contributed by atoms with Gasteiger partial charge in [0.1, 0.15) is 6.26 Å². The molecule has 0 saturated heterocycles. The van der Waals surface area contributed by atoms with Gasteiger partial charge in [-0.15, -0.1) is 23.1 Å². The van der Waals surface area contributed by atoms with Crippen molar-refractivity contribution in [2.45, 2.75) is 10.6 Å². The van der Waals surface area contributed by atoms with Gasteiger partial charge in [-0.2, -0.15) is 0 Å². The maximum Gasteiger partial charge on any atom is 0.236 e. The molecule has 3 aromatic rings. The first-order chi connectivity index (χ1) is 9.31. The van der Waals surface area contributed by atoms with E-state index < -0.39 is 0 Å². The van der Waals surface area contributed by atoms with Crippen LogP contribution >= 0.6 is 34.7 Å². The summed E-state index contributed by atoms with van der Waals surface area (Å²) in [7, 11) is 0.